The van der Waals surface area contributed by atoms with Crippen molar-refractivity contribution in [2.75, 3.05) is 0 Å². The molecule has 0 spiro atoms. The highest BCUT2D eigenvalue weighted by Crippen LogP contribution is 2.32. The molecule has 0 amide bonds. The van der Waals surface area contributed by atoms with Crippen molar-refractivity contribution in [3.63, 3.8) is 0 Å². The third kappa shape index (κ3) is 3.08. The number of aromatic nitrogens is 1. The molecule has 0 saturated heterocycles. The number of fused-ring (bicyclic) bond motifs is 1. The van der Waals surface area contributed by atoms with E-state index in [2.05, 4.69) is 5.16 Å². The van der Waals surface area contributed by atoms with Crippen LogP contribution in [0.4, 0.5) is 0 Å². The summed E-state index contributed by atoms with van der Waals surface area (Å²) in [6.07, 6.45) is 3.67. The summed E-state index contributed by atoms with van der Waals surface area (Å²) >= 11 is 0. The van der Waals surface area contributed by atoms with Crippen molar-refractivity contribution in [2.24, 2.45) is 5.73 Å². The lowest BCUT2D eigenvalue weighted by molar-refractivity contribution is -0.138. The number of carboxylic acid groups (broad SMARTS) is 1. The van der Waals surface area contributed by atoms with E-state index >= 15 is 0 Å². The average molecular weight is 289 g/mol. The number of allylic oxidation sites excluding steroid dienone is 1. The molecule has 19 heavy (non-hydrogen) atoms. The number of rotatable bonds is 3. The van der Waals surface area contributed by atoms with Gasteiger partial charge < -0.3 is 15.4 Å². The van der Waals surface area contributed by atoms with Crippen LogP contribution in [-0.2, 0) is 4.79 Å². The summed E-state index contributed by atoms with van der Waals surface area (Å²) < 4.78 is 5.18. The van der Waals surface area contributed by atoms with Crippen LogP contribution in [0.5, 0.6) is 0 Å². The Labute approximate surface area is 116 Å². The van der Waals surface area contributed by atoms with Crippen molar-refractivity contribution in [3.05, 3.63) is 27.8 Å². The number of nitrogens with one attached hydrogen (secondary N) is 1. The molecule has 1 aliphatic rings. The zero-order valence-corrected chi connectivity index (χ0v) is 11.3. The van der Waals surface area contributed by atoms with Crippen LogP contribution in [0.3, 0.4) is 0 Å². The highest BCUT2D eigenvalue weighted by atomic mass is 35.5. The predicted molar refractivity (Wildman–Crippen MR) is 72.4 cm³/mol. The van der Waals surface area contributed by atoms with E-state index in [4.69, 9.17) is 15.4 Å². The molecule has 0 bridgehead atoms. The number of nitrogens with two attached hydrogens (primary N) is 1. The van der Waals surface area contributed by atoms with E-state index in [0.29, 0.717) is 16.9 Å². The van der Waals surface area contributed by atoms with Gasteiger partial charge in [0.2, 0.25) is 0 Å². The van der Waals surface area contributed by atoms with Crippen LogP contribution in [0.1, 0.15) is 43.4 Å². The summed E-state index contributed by atoms with van der Waals surface area (Å²) in [7, 11) is 0. The fourth-order valence-electron chi connectivity index (χ4n) is 2.22. The molecule has 0 aromatic carbocycles. The van der Waals surface area contributed by atoms with Crippen molar-refractivity contribution in [1.82, 2.24) is 5.16 Å². The van der Waals surface area contributed by atoms with Crippen molar-refractivity contribution < 1.29 is 14.4 Å². The Kier molecular flexibility index (Phi) is 4.97. The van der Waals surface area contributed by atoms with Crippen LogP contribution in [0.15, 0.2) is 15.4 Å². The number of halogens is 1. The highest BCUT2D eigenvalue weighted by molar-refractivity contribution is 5.85. The van der Waals surface area contributed by atoms with E-state index < -0.39 is 12.0 Å². The predicted octanol–water partition coefficient (Wildman–Crippen LogP) is 1.47. The smallest absolute Gasteiger partial charge is 0.320 e. The maximum Gasteiger partial charge on any atom is 0.320 e. The van der Waals surface area contributed by atoms with Gasteiger partial charge in [-0.25, -0.2) is 0 Å². The molecular formula is C12H17ClN2O4. The molecule has 2 atom stereocenters. The summed E-state index contributed by atoms with van der Waals surface area (Å²) in [5, 5.41) is 11.2. The number of carbonyl (C=O) groups is 1. The molecule has 1 aliphatic carbocycles. The van der Waals surface area contributed by atoms with Crippen LogP contribution in [0, 0.1) is 0 Å². The number of carboxylic acids is 1. The summed E-state index contributed by atoms with van der Waals surface area (Å²) in [6, 6.07) is -1.01. The van der Waals surface area contributed by atoms with Gasteiger partial charge in [-0.1, -0.05) is 13.0 Å². The van der Waals surface area contributed by atoms with E-state index in [0.717, 1.165) is 12.8 Å². The van der Waals surface area contributed by atoms with E-state index in [1.165, 1.54) is 0 Å². The van der Waals surface area contributed by atoms with Gasteiger partial charge in [0, 0.05) is 5.92 Å². The van der Waals surface area contributed by atoms with Crippen molar-refractivity contribution in [3.8, 4) is 0 Å². The maximum absolute atomic E-state index is 11.7. The largest absolute Gasteiger partial charge is 0.480 e. The van der Waals surface area contributed by atoms with E-state index in [9.17, 15) is 9.59 Å². The topological polar surface area (TPSA) is 109 Å². The van der Waals surface area contributed by atoms with Crippen LogP contribution >= 0.6 is 12.4 Å². The average Bonchev–Trinajstić information content (AvgIpc) is 2.61. The van der Waals surface area contributed by atoms with Crippen molar-refractivity contribution in [2.45, 2.75) is 38.1 Å². The Balaban J connectivity index is 0.00000180. The van der Waals surface area contributed by atoms with Crippen LogP contribution in [0.25, 0.3) is 5.57 Å². The molecule has 1 aromatic heterocycles. The van der Waals surface area contributed by atoms with Gasteiger partial charge >= 0.3 is 5.97 Å². The maximum atomic E-state index is 11.7. The number of hydrogen-bond donors (Lipinski definition) is 3. The van der Waals surface area contributed by atoms with E-state index in [-0.39, 0.29) is 30.3 Å². The van der Waals surface area contributed by atoms with Gasteiger partial charge in [-0.15, -0.1) is 12.4 Å². The van der Waals surface area contributed by atoms with E-state index in [1.807, 2.05) is 13.0 Å². The first-order valence-electron chi connectivity index (χ1n) is 5.90. The van der Waals surface area contributed by atoms with Gasteiger partial charge in [-0.05, 0) is 24.8 Å². The minimum absolute atomic E-state index is 0. The quantitative estimate of drug-likeness (QED) is 0.780. The molecule has 2 rings (SSSR count). The Morgan fingerprint density at radius 1 is 1.68 bits per heavy atom. The molecular weight excluding hydrogens is 272 g/mol. The molecule has 0 radical (unpaired) electrons. The van der Waals surface area contributed by atoms with Gasteiger partial charge in [0.15, 0.2) is 0 Å². The fraction of sp³-hybridized carbons (Fsp3) is 0.500. The normalized spacial score (nSPS) is 19.7. The Morgan fingerprint density at radius 3 is 3.00 bits per heavy atom. The second kappa shape index (κ2) is 6.08. The summed E-state index contributed by atoms with van der Waals surface area (Å²) in [6.45, 7) is 1.98. The fourth-order valence-corrected chi connectivity index (χ4v) is 2.22. The third-order valence-electron chi connectivity index (χ3n) is 3.24. The van der Waals surface area contributed by atoms with Gasteiger partial charge in [-0.2, -0.15) is 5.16 Å². The molecule has 0 saturated carbocycles. The number of H-pyrrole nitrogens is 1. The first-order chi connectivity index (χ1) is 8.50. The second-order valence-corrected chi connectivity index (χ2v) is 4.63. The molecule has 1 heterocycles. The molecule has 4 N–H and O–H groups in total. The number of hydrogen-bond acceptors (Lipinski definition) is 4. The number of aliphatic carboxylic acids is 1. The molecule has 0 aliphatic heterocycles. The second-order valence-electron chi connectivity index (χ2n) is 4.63. The first kappa shape index (κ1) is 15.5. The van der Waals surface area contributed by atoms with E-state index in [1.54, 1.807) is 0 Å². The Bertz CT molecular complexity index is 546. The lowest BCUT2D eigenvalue weighted by atomic mass is 9.97. The van der Waals surface area contributed by atoms with Gasteiger partial charge in [0.1, 0.15) is 11.8 Å². The number of aromatic amines is 1. The molecule has 106 valence electrons. The van der Waals surface area contributed by atoms with Crippen molar-refractivity contribution in [1.29, 1.82) is 0 Å². The van der Waals surface area contributed by atoms with Crippen molar-refractivity contribution >= 4 is 23.9 Å². The Morgan fingerprint density at radius 2 is 2.37 bits per heavy atom. The summed E-state index contributed by atoms with van der Waals surface area (Å²) in [5.41, 5.74) is 6.33. The minimum atomic E-state index is -1.07. The standard InChI is InChI=1S/C12H16N2O4.ClH/c1-6-3-2-4-7(5-8(13)12(16)17)9-10(6)18-14-11(9)15;/h4,6,8H,2-3,5,13H2,1H3,(H,14,15)(H,16,17);1H/t6?,8-;/m0./s1. The minimum Gasteiger partial charge on any atom is -0.480 e. The van der Waals surface area contributed by atoms with Crippen LogP contribution in [0.2, 0.25) is 0 Å². The van der Waals surface area contributed by atoms with Gasteiger partial charge in [-0.3, -0.25) is 9.59 Å². The van der Waals surface area contributed by atoms with Gasteiger partial charge in [0.25, 0.3) is 5.56 Å². The monoisotopic (exact) mass is 288 g/mol. The van der Waals surface area contributed by atoms with Crippen LogP contribution in [-0.4, -0.2) is 22.3 Å². The zero-order chi connectivity index (χ0) is 13.3. The van der Waals surface area contributed by atoms with Gasteiger partial charge in [0.05, 0.1) is 5.56 Å². The molecule has 7 heteroatoms. The highest BCUT2D eigenvalue weighted by Gasteiger charge is 2.26. The molecule has 0 fully saturated rings. The molecule has 6 nitrogen and oxygen atoms in total. The lowest BCUT2D eigenvalue weighted by Gasteiger charge is -2.09. The third-order valence-corrected chi connectivity index (χ3v) is 3.24. The van der Waals surface area contributed by atoms with Crippen LogP contribution < -0.4 is 11.3 Å². The zero-order valence-electron chi connectivity index (χ0n) is 10.5. The first-order valence-corrected chi connectivity index (χ1v) is 5.90. The molecule has 1 aromatic rings. The molecule has 1 unspecified atom stereocenters. The Hall–Kier alpha value is -1.53. The summed E-state index contributed by atoms with van der Waals surface area (Å²) in [5.74, 6) is -0.343. The summed E-state index contributed by atoms with van der Waals surface area (Å²) in [4.78, 5) is 22.5. The SMILES string of the molecule is CC1CCC=C(C[C@H](N)C(=O)O)c2c1o[nH]c2=O.Cl. The lowest BCUT2D eigenvalue weighted by Crippen LogP contribution is -2.30.